The van der Waals surface area contributed by atoms with Crippen molar-refractivity contribution in [2.45, 2.75) is 25.5 Å². The van der Waals surface area contributed by atoms with Crippen molar-refractivity contribution in [3.63, 3.8) is 0 Å². The molecule has 1 unspecified atom stereocenters. The number of tetrazole rings is 1. The zero-order valence-corrected chi connectivity index (χ0v) is 17.4. The Morgan fingerprint density at radius 2 is 2.14 bits per heavy atom. The average Bonchev–Trinajstić information content (AvgIpc) is 3.18. The minimum atomic E-state index is 0.137. The van der Waals surface area contributed by atoms with Crippen molar-refractivity contribution in [2.24, 2.45) is 0 Å². The Bertz CT molecular complexity index is 981. The normalized spacial score (nSPS) is 17.3. The summed E-state index contributed by atoms with van der Waals surface area (Å²) in [5, 5.41) is 15.9. The minimum Gasteiger partial charge on any atom is -0.473 e. The molecule has 2 aromatic heterocycles. The van der Waals surface area contributed by atoms with E-state index in [-0.39, 0.29) is 6.10 Å². The maximum absolute atomic E-state index is 6.31. The van der Waals surface area contributed by atoms with Gasteiger partial charge in [-0.25, -0.2) is 4.98 Å². The van der Waals surface area contributed by atoms with Gasteiger partial charge in [0.15, 0.2) is 0 Å². The second-order valence-electron chi connectivity index (χ2n) is 6.95. The van der Waals surface area contributed by atoms with Crippen molar-refractivity contribution in [3.8, 4) is 11.6 Å². The molecule has 1 fully saturated rings. The van der Waals surface area contributed by atoms with Crippen molar-refractivity contribution < 1.29 is 4.74 Å². The zero-order valence-electron chi connectivity index (χ0n) is 15.9. The van der Waals surface area contributed by atoms with Gasteiger partial charge in [0, 0.05) is 24.8 Å². The summed E-state index contributed by atoms with van der Waals surface area (Å²) in [5.74, 6) is 1.07. The fourth-order valence-corrected chi connectivity index (χ4v) is 3.70. The molecule has 0 radical (unpaired) electrons. The Morgan fingerprint density at radius 3 is 3.00 bits per heavy atom. The monoisotopic (exact) mass is 433 g/mol. The molecule has 0 bridgehead atoms. The summed E-state index contributed by atoms with van der Waals surface area (Å²) in [6.45, 7) is 2.45. The van der Waals surface area contributed by atoms with E-state index in [1.54, 1.807) is 24.4 Å². The first-order chi connectivity index (χ1) is 14.1. The van der Waals surface area contributed by atoms with E-state index in [1.165, 1.54) is 4.68 Å². The molecule has 0 aliphatic carbocycles. The van der Waals surface area contributed by atoms with Gasteiger partial charge in [-0.15, -0.1) is 0 Å². The van der Waals surface area contributed by atoms with Crippen LogP contribution < -0.4 is 10.1 Å². The fraction of sp³-hybridized carbons (Fsp3) is 0.368. The highest BCUT2D eigenvalue weighted by atomic mass is 35.5. The summed E-state index contributed by atoms with van der Waals surface area (Å²) >= 11 is 12.4. The van der Waals surface area contributed by atoms with Gasteiger partial charge in [0.05, 0.1) is 15.7 Å². The smallest absolute Gasteiger partial charge is 0.248 e. The topological polar surface area (TPSA) is 81.0 Å². The van der Waals surface area contributed by atoms with Crippen LogP contribution in [0.3, 0.4) is 0 Å². The number of nitrogens with one attached hydrogen (secondary N) is 1. The predicted molar refractivity (Wildman–Crippen MR) is 112 cm³/mol. The van der Waals surface area contributed by atoms with Crippen molar-refractivity contribution in [2.75, 3.05) is 25.5 Å². The molecule has 0 spiro atoms. The molecule has 0 saturated carbocycles. The van der Waals surface area contributed by atoms with Gasteiger partial charge in [0.1, 0.15) is 6.10 Å². The van der Waals surface area contributed by atoms with Gasteiger partial charge < -0.3 is 15.0 Å². The Hall–Kier alpha value is -2.42. The maximum Gasteiger partial charge on any atom is 0.248 e. The molecule has 8 nitrogen and oxygen atoms in total. The van der Waals surface area contributed by atoms with Crippen LogP contribution in [0.1, 0.15) is 18.4 Å². The number of anilines is 1. The van der Waals surface area contributed by atoms with Crippen molar-refractivity contribution in [3.05, 3.63) is 52.1 Å². The maximum atomic E-state index is 6.31. The summed E-state index contributed by atoms with van der Waals surface area (Å²) in [6, 6.07) is 9.17. The lowest BCUT2D eigenvalue weighted by Crippen LogP contribution is -2.38. The molecule has 1 N–H and O–H groups in total. The zero-order chi connectivity index (χ0) is 20.2. The molecule has 0 amide bonds. The highest BCUT2D eigenvalue weighted by Crippen LogP contribution is 2.29. The number of hydrogen-bond acceptors (Lipinski definition) is 7. The second-order valence-corrected chi connectivity index (χ2v) is 7.74. The van der Waals surface area contributed by atoms with Crippen molar-refractivity contribution in [1.29, 1.82) is 0 Å². The van der Waals surface area contributed by atoms with Gasteiger partial charge in [-0.2, -0.15) is 4.68 Å². The number of halogens is 2. The average molecular weight is 434 g/mol. The van der Waals surface area contributed by atoms with Crippen LogP contribution in [0.5, 0.6) is 5.88 Å². The molecule has 152 valence electrons. The van der Waals surface area contributed by atoms with E-state index >= 15 is 0 Å². The van der Waals surface area contributed by atoms with Gasteiger partial charge in [0.2, 0.25) is 11.8 Å². The van der Waals surface area contributed by atoms with E-state index in [9.17, 15) is 0 Å². The second kappa shape index (κ2) is 8.94. The summed E-state index contributed by atoms with van der Waals surface area (Å²) in [5.41, 5.74) is 1.52. The molecule has 1 aromatic carbocycles. The Morgan fingerprint density at radius 1 is 1.24 bits per heavy atom. The van der Waals surface area contributed by atoms with E-state index in [1.807, 2.05) is 12.1 Å². The molecule has 3 heterocycles. The van der Waals surface area contributed by atoms with Gasteiger partial charge in [-0.1, -0.05) is 40.4 Å². The van der Waals surface area contributed by atoms with Crippen LogP contribution >= 0.6 is 23.2 Å². The van der Waals surface area contributed by atoms with Gasteiger partial charge >= 0.3 is 0 Å². The van der Waals surface area contributed by atoms with E-state index in [0.29, 0.717) is 34.1 Å². The van der Waals surface area contributed by atoms with Crippen molar-refractivity contribution in [1.82, 2.24) is 30.1 Å². The Kier molecular flexibility index (Phi) is 6.13. The first-order valence-electron chi connectivity index (χ1n) is 9.37. The van der Waals surface area contributed by atoms with Gasteiger partial charge in [-0.05, 0) is 55.1 Å². The molecule has 10 heteroatoms. The Labute approximate surface area is 178 Å². The first-order valence-corrected chi connectivity index (χ1v) is 10.1. The number of hydrogen-bond donors (Lipinski definition) is 1. The lowest BCUT2D eigenvalue weighted by atomic mass is 10.1. The molecule has 4 rings (SSSR count). The number of aromatic nitrogens is 5. The molecule has 1 aliphatic rings. The number of benzene rings is 1. The SMILES string of the molecule is CN1CCCC(Oc2ncccc2CNc2nnnn2-c2cccc(Cl)c2Cl)C1. The van der Waals surface area contributed by atoms with Crippen LogP contribution in [0.2, 0.25) is 10.0 Å². The van der Waals surface area contributed by atoms with Crippen LogP contribution in [0, 0.1) is 0 Å². The minimum absolute atomic E-state index is 0.137. The fourth-order valence-electron chi connectivity index (χ4n) is 3.33. The standard InChI is InChI=1S/C19H21Cl2N7O/c1-27-10-4-6-14(12-27)29-18-13(5-3-9-22-18)11-23-19-24-25-26-28(19)16-8-2-7-15(20)17(16)21/h2-3,5,7-9,14H,4,6,10-12H2,1H3,(H,23,24,26). The summed E-state index contributed by atoms with van der Waals surface area (Å²) in [6.07, 6.45) is 4.02. The van der Waals surface area contributed by atoms with Gasteiger partial charge in [-0.3, -0.25) is 0 Å². The molecule has 29 heavy (non-hydrogen) atoms. The van der Waals surface area contributed by atoms with Crippen LogP contribution in [-0.2, 0) is 6.54 Å². The highest BCUT2D eigenvalue weighted by molar-refractivity contribution is 6.43. The number of nitrogens with zero attached hydrogens (tertiary/aromatic N) is 6. The largest absolute Gasteiger partial charge is 0.473 e. The first kappa shape index (κ1) is 19.9. The lowest BCUT2D eigenvalue weighted by molar-refractivity contribution is 0.0991. The number of pyridine rings is 1. The molecular formula is C19H21Cl2N7O. The van der Waals surface area contributed by atoms with E-state index < -0.39 is 0 Å². The Balaban J connectivity index is 1.49. The molecule has 3 aromatic rings. The van der Waals surface area contributed by atoms with E-state index in [2.05, 4.69) is 37.8 Å². The quantitative estimate of drug-likeness (QED) is 0.637. The number of ether oxygens (including phenoxy) is 1. The number of piperidine rings is 1. The summed E-state index contributed by atoms with van der Waals surface area (Å²) in [4.78, 5) is 6.70. The van der Waals surface area contributed by atoms with E-state index in [4.69, 9.17) is 27.9 Å². The summed E-state index contributed by atoms with van der Waals surface area (Å²) in [7, 11) is 2.11. The highest BCUT2D eigenvalue weighted by Gasteiger charge is 2.20. The van der Waals surface area contributed by atoms with Crippen molar-refractivity contribution >= 4 is 29.2 Å². The molecule has 1 atom stereocenters. The lowest BCUT2D eigenvalue weighted by Gasteiger charge is -2.30. The number of likely N-dealkylation sites (N-methyl/N-ethyl adjacent to an activating group) is 1. The summed E-state index contributed by atoms with van der Waals surface area (Å²) < 4.78 is 7.70. The van der Waals surface area contributed by atoms with Crippen LogP contribution in [0.25, 0.3) is 5.69 Å². The number of likely N-dealkylation sites (tertiary alicyclic amines) is 1. The number of rotatable bonds is 6. The van der Waals surface area contributed by atoms with E-state index in [0.717, 1.165) is 31.5 Å². The molecule has 1 saturated heterocycles. The third-order valence-electron chi connectivity index (χ3n) is 4.78. The third kappa shape index (κ3) is 4.60. The third-order valence-corrected chi connectivity index (χ3v) is 5.58. The molecular weight excluding hydrogens is 413 g/mol. The van der Waals surface area contributed by atoms with Gasteiger partial charge in [0.25, 0.3) is 0 Å². The molecule has 1 aliphatic heterocycles. The predicted octanol–water partition coefficient (Wildman–Crippen LogP) is 3.45. The van der Waals surface area contributed by atoms with Crippen LogP contribution in [-0.4, -0.2) is 56.3 Å². The van der Waals surface area contributed by atoms with Crippen LogP contribution in [0.4, 0.5) is 5.95 Å². The van der Waals surface area contributed by atoms with Crippen LogP contribution in [0.15, 0.2) is 36.5 Å².